The van der Waals surface area contributed by atoms with Crippen LogP contribution in [0.5, 0.6) is 0 Å². The molecule has 5 nitrogen and oxygen atoms in total. The minimum atomic E-state index is -0.657. The number of benzene rings is 1. The van der Waals surface area contributed by atoms with Crippen LogP contribution in [0, 0.1) is 5.82 Å². The summed E-state index contributed by atoms with van der Waals surface area (Å²) in [5.41, 5.74) is 0.123. The number of amides is 1. The molecule has 8 heteroatoms. The second-order valence-corrected chi connectivity index (χ2v) is 5.89. The van der Waals surface area contributed by atoms with Gasteiger partial charge >= 0.3 is 0 Å². The summed E-state index contributed by atoms with van der Waals surface area (Å²) in [5, 5.41) is 0.0489. The molecule has 0 radical (unpaired) electrons. The van der Waals surface area contributed by atoms with Crippen molar-refractivity contribution in [2.75, 3.05) is 31.1 Å². The van der Waals surface area contributed by atoms with Crippen molar-refractivity contribution in [3.05, 3.63) is 52.0 Å². The van der Waals surface area contributed by atoms with Crippen LogP contribution < -0.4 is 4.90 Å². The van der Waals surface area contributed by atoms with Crippen molar-refractivity contribution in [1.82, 2.24) is 14.9 Å². The number of carbonyl (C=O) groups excluding carboxylic acids is 1. The van der Waals surface area contributed by atoms with Crippen molar-refractivity contribution in [2.45, 2.75) is 0 Å². The number of nitrogens with zero attached hydrogens (tertiary/aromatic N) is 4. The van der Waals surface area contributed by atoms with E-state index in [2.05, 4.69) is 9.97 Å². The Labute approximate surface area is 142 Å². The molecule has 0 spiro atoms. The fourth-order valence-electron chi connectivity index (χ4n) is 2.42. The van der Waals surface area contributed by atoms with Crippen molar-refractivity contribution in [1.29, 1.82) is 0 Å². The van der Waals surface area contributed by atoms with E-state index in [9.17, 15) is 9.18 Å². The largest absolute Gasteiger partial charge is 0.337 e. The van der Waals surface area contributed by atoms with Crippen molar-refractivity contribution in [2.24, 2.45) is 0 Å². The summed E-state index contributed by atoms with van der Waals surface area (Å²) in [6.07, 6.45) is 3.35. The van der Waals surface area contributed by atoms with Crippen molar-refractivity contribution in [3.63, 3.8) is 0 Å². The molecular formula is C15H13Cl2FN4O. The quantitative estimate of drug-likeness (QED) is 0.778. The van der Waals surface area contributed by atoms with Gasteiger partial charge in [0.05, 0.1) is 15.6 Å². The third kappa shape index (κ3) is 3.38. The lowest BCUT2D eigenvalue weighted by molar-refractivity contribution is 0.0746. The van der Waals surface area contributed by atoms with Gasteiger partial charge in [-0.3, -0.25) is 4.79 Å². The smallest absolute Gasteiger partial charge is 0.255 e. The van der Waals surface area contributed by atoms with Gasteiger partial charge in [-0.15, -0.1) is 0 Å². The van der Waals surface area contributed by atoms with E-state index >= 15 is 0 Å². The maximum Gasteiger partial charge on any atom is 0.255 e. The first-order valence-electron chi connectivity index (χ1n) is 7.02. The molecule has 0 aliphatic carbocycles. The van der Waals surface area contributed by atoms with E-state index in [0.29, 0.717) is 32.1 Å². The molecule has 2 heterocycles. The Kier molecular flexibility index (Phi) is 4.63. The third-order valence-corrected chi connectivity index (χ3v) is 4.24. The Morgan fingerprint density at radius 3 is 2.35 bits per heavy atom. The highest BCUT2D eigenvalue weighted by Crippen LogP contribution is 2.26. The zero-order chi connectivity index (χ0) is 16.4. The van der Waals surface area contributed by atoms with Gasteiger partial charge in [0.1, 0.15) is 5.82 Å². The molecule has 0 saturated carbocycles. The summed E-state index contributed by atoms with van der Waals surface area (Å²) in [5.74, 6) is -0.329. The van der Waals surface area contributed by atoms with E-state index in [0.717, 1.165) is 6.07 Å². The molecule has 120 valence electrons. The maximum atomic E-state index is 13.6. The van der Waals surface area contributed by atoms with Crippen molar-refractivity contribution >= 4 is 35.1 Å². The highest BCUT2D eigenvalue weighted by atomic mass is 35.5. The number of aromatic nitrogens is 2. The average molecular weight is 355 g/mol. The monoisotopic (exact) mass is 354 g/mol. The van der Waals surface area contributed by atoms with Gasteiger partial charge in [-0.05, 0) is 18.2 Å². The molecular weight excluding hydrogens is 342 g/mol. The standard InChI is InChI=1S/C15H13Cl2FN4O/c16-11-9-12(17)13(18)8-10(11)14(23)21-4-6-22(7-5-21)15-19-2-1-3-20-15/h1-3,8-9H,4-7H2. The molecule has 1 aromatic carbocycles. The van der Waals surface area contributed by atoms with Crippen LogP contribution >= 0.6 is 23.2 Å². The minimum Gasteiger partial charge on any atom is -0.337 e. The zero-order valence-electron chi connectivity index (χ0n) is 12.0. The van der Waals surface area contributed by atoms with Crippen molar-refractivity contribution in [3.8, 4) is 0 Å². The van der Waals surface area contributed by atoms with Crippen LogP contribution in [-0.4, -0.2) is 47.0 Å². The molecule has 1 aliphatic rings. The summed E-state index contributed by atoms with van der Waals surface area (Å²) in [7, 11) is 0. The van der Waals surface area contributed by atoms with Crippen LogP contribution in [0.15, 0.2) is 30.6 Å². The summed E-state index contributed by atoms with van der Waals surface area (Å²) >= 11 is 11.7. The zero-order valence-corrected chi connectivity index (χ0v) is 13.6. The number of anilines is 1. The van der Waals surface area contributed by atoms with Gasteiger partial charge in [-0.25, -0.2) is 14.4 Å². The molecule has 0 atom stereocenters. The van der Waals surface area contributed by atoms with E-state index in [1.165, 1.54) is 6.07 Å². The van der Waals surface area contributed by atoms with E-state index in [1.54, 1.807) is 23.4 Å². The first kappa shape index (κ1) is 16.0. The molecule has 1 aromatic heterocycles. The predicted octanol–water partition coefficient (Wildman–Crippen LogP) is 2.88. The van der Waals surface area contributed by atoms with Crippen LogP contribution in [0.1, 0.15) is 10.4 Å². The molecule has 3 rings (SSSR count). The molecule has 1 amide bonds. The van der Waals surface area contributed by atoms with E-state index in [4.69, 9.17) is 23.2 Å². The predicted molar refractivity (Wildman–Crippen MR) is 86.6 cm³/mol. The van der Waals surface area contributed by atoms with Crippen LogP contribution in [0.3, 0.4) is 0 Å². The lowest BCUT2D eigenvalue weighted by Crippen LogP contribution is -2.49. The molecule has 2 aromatic rings. The van der Waals surface area contributed by atoms with E-state index in [1.807, 2.05) is 4.90 Å². The number of rotatable bonds is 2. The number of piperazine rings is 1. The fraction of sp³-hybridized carbons (Fsp3) is 0.267. The highest BCUT2D eigenvalue weighted by molar-refractivity contribution is 6.36. The summed E-state index contributed by atoms with van der Waals surface area (Å²) in [6, 6.07) is 4.08. The summed E-state index contributed by atoms with van der Waals surface area (Å²) < 4.78 is 13.6. The summed E-state index contributed by atoms with van der Waals surface area (Å²) in [4.78, 5) is 24.5. The molecule has 0 N–H and O–H groups in total. The Balaban J connectivity index is 1.70. The van der Waals surface area contributed by atoms with Gasteiger partial charge in [0, 0.05) is 38.6 Å². The Hall–Kier alpha value is -1.92. The lowest BCUT2D eigenvalue weighted by Gasteiger charge is -2.34. The summed E-state index contributed by atoms with van der Waals surface area (Å²) in [6.45, 7) is 2.17. The Bertz CT molecular complexity index is 721. The first-order chi connectivity index (χ1) is 11.1. The van der Waals surface area contributed by atoms with Gasteiger partial charge in [0.25, 0.3) is 5.91 Å². The molecule has 23 heavy (non-hydrogen) atoms. The molecule has 1 aliphatic heterocycles. The maximum absolute atomic E-state index is 13.6. The minimum absolute atomic E-state index is 0.0994. The first-order valence-corrected chi connectivity index (χ1v) is 7.77. The van der Waals surface area contributed by atoms with Crippen LogP contribution in [-0.2, 0) is 0 Å². The van der Waals surface area contributed by atoms with Crippen molar-refractivity contribution < 1.29 is 9.18 Å². The normalized spacial score (nSPS) is 14.9. The highest BCUT2D eigenvalue weighted by Gasteiger charge is 2.25. The van der Waals surface area contributed by atoms with Gasteiger partial charge in [0.15, 0.2) is 0 Å². The van der Waals surface area contributed by atoms with Gasteiger partial charge in [0.2, 0.25) is 5.95 Å². The topological polar surface area (TPSA) is 49.3 Å². The number of hydrogen-bond donors (Lipinski definition) is 0. The third-order valence-electron chi connectivity index (χ3n) is 3.64. The number of carbonyl (C=O) groups is 1. The average Bonchev–Trinajstić information content (AvgIpc) is 2.58. The van der Waals surface area contributed by atoms with Gasteiger partial charge in [-0.1, -0.05) is 23.2 Å². The Morgan fingerprint density at radius 2 is 1.70 bits per heavy atom. The van der Waals surface area contributed by atoms with Crippen LogP contribution in [0.2, 0.25) is 10.0 Å². The second kappa shape index (κ2) is 6.68. The fourth-order valence-corrected chi connectivity index (χ4v) is 2.88. The van der Waals surface area contributed by atoms with Gasteiger partial charge in [-0.2, -0.15) is 0 Å². The second-order valence-electron chi connectivity index (χ2n) is 5.07. The molecule has 1 fully saturated rings. The van der Waals surface area contributed by atoms with Crippen LogP contribution in [0.25, 0.3) is 0 Å². The van der Waals surface area contributed by atoms with E-state index < -0.39 is 5.82 Å². The van der Waals surface area contributed by atoms with E-state index in [-0.39, 0.29) is 21.5 Å². The molecule has 0 unspecified atom stereocenters. The van der Waals surface area contributed by atoms with Gasteiger partial charge < -0.3 is 9.80 Å². The number of halogens is 3. The molecule has 1 saturated heterocycles. The number of hydrogen-bond acceptors (Lipinski definition) is 4. The van der Waals surface area contributed by atoms with Crippen LogP contribution in [0.4, 0.5) is 10.3 Å². The molecule has 0 bridgehead atoms. The Morgan fingerprint density at radius 1 is 1.04 bits per heavy atom. The SMILES string of the molecule is O=C(c1cc(F)c(Cl)cc1Cl)N1CCN(c2ncccn2)CC1. The lowest BCUT2D eigenvalue weighted by atomic mass is 10.1.